The van der Waals surface area contributed by atoms with Crippen LogP contribution in [0.25, 0.3) is 11.1 Å². The van der Waals surface area contributed by atoms with Gasteiger partial charge in [0.25, 0.3) is 11.8 Å². The molecule has 1 aliphatic heterocycles. The summed E-state index contributed by atoms with van der Waals surface area (Å²) in [7, 11) is 1.59. The molecule has 204 valence electrons. The van der Waals surface area contributed by atoms with Crippen molar-refractivity contribution in [3.8, 4) is 16.9 Å². The fourth-order valence-electron chi connectivity index (χ4n) is 4.26. The summed E-state index contributed by atoms with van der Waals surface area (Å²) in [5.41, 5.74) is 9.11. The average molecular weight is 547 g/mol. The molecule has 1 heterocycles. The van der Waals surface area contributed by atoms with Crippen LogP contribution >= 0.6 is 11.8 Å². The number of ether oxygens (including phenoxy) is 1. The fraction of sp³-hybridized carbons (Fsp3) is 0.300. The number of nitrogens with two attached hydrogens (primary N) is 1. The van der Waals surface area contributed by atoms with Gasteiger partial charge in [-0.1, -0.05) is 60.3 Å². The second-order valence-corrected chi connectivity index (χ2v) is 11.1. The van der Waals surface area contributed by atoms with Gasteiger partial charge >= 0.3 is 0 Å². The Hall–Kier alpha value is -3.82. The Bertz CT molecular complexity index is 1370. The van der Waals surface area contributed by atoms with E-state index in [1.807, 2.05) is 73.7 Å². The van der Waals surface area contributed by atoms with Crippen LogP contribution in [0.2, 0.25) is 0 Å². The summed E-state index contributed by atoms with van der Waals surface area (Å²) < 4.78 is 5.38. The summed E-state index contributed by atoms with van der Waals surface area (Å²) in [6.07, 6.45) is 0. The molecule has 0 unspecified atom stereocenters. The van der Waals surface area contributed by atoms with Crippen molar-refractivity contribution >= 4 is 29.5 Å². The number of hydrogen-bond donors (Lipinski definition) is 3. The van der Waals surface area contributed by atoms with Gasteiger partial charge in [0.1, 0.15) is 5.75 Å². The number of carbonyl (C=O) groups is 3. The monoisotopic (exact) mass is 546 g/mol. The summed E-state index contributed by atoms with van der Waals surface area (Å²) >= 11 is 1.29. The molecule has 39 heavy (non-hydrogen) atoms. The first kappa shape index (κ1) is 28.2. The van der Waals surface area contributed by atoms with Crippen LogP contribution < -0.4 is 21.1 Å². The first-order chi connectivity index (χ1) is 18.6. The summed E-state index contributed by atoms with van der Waals surface area (Å²) in [5.74, 6) is -0.0584. The van der Waals surface area contributed by atoms with Gasteiger partial charge in [0.2, 0.25) is 5.91 Å². The Morgan fingerprint density at radius 1 is 1.10 bits per heavy atom. The van der Waals surface area contributed by atoms with Crippen molar-refractivity contribution in [2.45, 2.75) is 49.7 Å². The van der Waals surface area contributed by atoms with Crippen LogP contribution in [0.3, 0.4) is 0 Å². The van der Waals surface area contributed by atoms with E-state index in [4.69, 9.17) is 10.5 Å². The lowest BCUT2D eigenvalue weighted by molar-refractivity contribution is -0.135. The van der Waals surface area contributed by atoms with E-state index in [2.05, 4.69) is 10.6 Å². The molecule has 1 atom stereocenters. The topological polar surface area (TPSA) is 114 Å². The van der Waals surface area contributed by atoms with Crippen molar-refractivity contribution < 1.29 is 19.1 Å². The van der Waals surface area contributed by atoms with Crippen LogP contribution in [0.5, 0.6) is 5.75 Å². The summed E-state index contributed by atoms with van der Waals surface area (Å²) in [4.78, 5) is 41.5. The maximum atomic E-state index is 13.7. The Kier molecular flexibility index (Phi) is 8.62. The number of amides is 3. The van der Waals surface area contributed by atoms with E-state index < -0.39 is 16.8 Å². The van der Waals surface area contributed by atoms with Gasteiger partial charge in [-0.15, -0.1) is 0 Å². The number of nitrogens with zero attached hydrogens (tertiary/aromatic N) is 1. The third-order valence-electron chi connectivity index (χ3n) is 6.41. The molecule has 0 spiro atoms. The highest BCUT2D eigenvalue weighted by molar-refractivity contribution is 8.00. The van der Waals surface area contributed by atoms with E-state index >= 15 is 0 Å². The van der Waals surface area contributed by atoms with Crippen molar-refractivity contribution in [3.63, 3.8) is 0 Å². The zero-order chi connectivity index (χ0) is 28.2. The van der Waals surface area contributed by atoms with Gasteiger partial charge in [0.05, 0.1) is 12.6 Å². The number of methoxy groups -OCH3 is 1. The van der Waals surface area contributed by atoms with Crippen LogP contribution in [0.15, 0.2) is 71.6 Å². The number of carbonyl (C=O) groups excluding carboxylic acids is 3. The Morgan fingerprint density at radius 2 is 1.82 bits per heavy atom. The van der Waals surface area contributed by atoms with Gasteiger partial charge in [-0.25, -0.2) is 0 Å². The minimum Gasteiger partial charge on any atom is -0.497 e. The minimum atomic E-state index is -1.13. The first-order valence-corrected chi connectivity index (χ1v) is 13.7. The zero-order valence-electron chi connectivity index (χ0n) is 22.6. The molecule has 1 aliphatic rings. The lowest BCUT2D eigenvalue weighted by Crippen LogP contribution is -2.54. The number of fused-ring (bicyclic) bond motifs is 1. The fourth-order valence-corrected chi connectivity index (χ4v) is 5.40. The van der Waals surface area contributed by atoms with Crippen LogP contribution in [0.4, 0.5) is 0 Å². The van der Waals surface area contributed by atoms with Gasteiger partial charge in [0.15, 0.2) is 5.37 Å². The van der Waals surface area contributed by atoms with E-state index in [-0.39, 0.29) is 11.8 Å². The van der Waals surface area contributed by atoms with Crippen molar-refractivity contribution in [3.05, 3.63) is 83.4 Å². The second-order valence-electron chi connectivity index (χ2n) is 9.96. The lowest BCUT2D eigenvalue weighted by atomic mass is 9.98. The van der Waals surface area contributed by atoms with Crippen LogP contribution in [-0.4, -0.2) is 47.2 Å². The highest BCUT2D eigenvalue weighted by Gasteiger charge is 2.34. The van der Waals surface area contributed by atoms with Crippen LogP contribution in [-0.2, 0) is 22.7 Å². The summed E-state index contributed by atoms with van der Waals surface area (Å²) in [6, 6.07) is 21.0. The number of thioether (sulfide) groups is 1. The highest BCUT2D eigenvalue weighted by atomic mass is 32.2. The molecule has 0 aromatic heterocycles. The normalized spacial score (nSPS) is 15.3. The molecule has 0 saturated carbocycles. The van der Waals surface area contributed by atoms with Gasteiger partial charge in [0, 0.05) is 30.1 Å². The molecule has 0 saturated heterocycles. The van der Waals surface area contributed by atoms with Gasteiger partial charge < -0.3 is 26.0 Å². The smallest absolute Gasteiger partial charge is 0.256 e. The molecular weight excluding hydrogens is 512 g/mol. The van der Waals surface area contributed by atoms with E-state index in [0.717, 1.165) is 27.1 Å². The van der Waals surface area contributed by atoms with E-state index in [0.29, 0.717) is 30.9 Å². The van der Waals surface area contributed by atoms with Crippen molar-refractivity contribution in [2.24, 2.45) is 5.73 Å². The molecule has 4 N–H and O–H groups in total. The third kappa shape index (κ3) is 6.61. The Morgan fingerprint density at radius 3 is 2.49 bits per heavy atom. The molecule has 3 aromatic rings. The molecule has 0 bridgehead atoms. The molecule has 0 fully saturated rings. The molecule has 3 amide bonds. The summed E-state index contributed by atoms with van der Waals surface area (Å²) in [6.45, 7) is 6.38. The SMILES string of the molecule is CCNC(=O)c1ccccc1-c1ccc(CN2Cc3ccc(OC)cc3S[C@@H](NC(=O)C(C)(C)N)C2=O)cc1. The van der Waals surface area contributed by atoms with Crippen LogP contribution in [0, 0.1) is 0 Å². The minimum absolute atomic E-state index is 0.117. The van der Waals surface area contributed by atoms with Crippen LogP contribution in [0.1, 0.15) is 42.3 Å². The molecule has 9 heteroatoms. The molecule has 0 aliphatic carbocycles. The lowest BCUT2D eigenvalue weighted by Gasteiger charge is -2.27. The molecule has 3 aromatic carbocycles. The maximum Gasteiger partial charge on any atom is 0.256 e. The predicted molar refractivity (Wildman–Crippen MR) is 153 cm³/mol. The van der Waals surface area contributed by atoms with Crippen molar-refractivity contribution in [1.82, 2.24) is 15.5 Å². The van der Waals surface area contributed by atoms with Gasteiger partial charge in [-0.3, -0.25) is 14.4 Å². The standard InChI is InChI=1S/C30H34N4O4S/c1-5-32-26(35)24-9-7-6-8-23(24)20-12-10-19(11-13-20)17-34-18-21-14-15-22(38-4)16-25(21)39-27(28(34)36)33-29(37)30(2,3)31/h6-16,27H,5,17-18,31H2,1-4H3,(H,32,35)(H,33,37)/t27-/m1/s1. The quantitative estimate of drug-likeness (QED) is 0.395. The van der Waals surface area contributed by atoms with E-state index in [1.54, 1.807) is 25.9 Å². The number of hydrogen-bond acceptors (Lipinski definition) is 6. The van der Waals surface area contributed by atoms with Gasteiger partial charge in [-0.05, 0) is 61.2 Å². The second kappa shape index (κ2) is 11.9. The molecular formula is C30H34N4O4S. The van der Waals surface area contributed by atoms with E-state index in [1.165, 1.54) is 11.8 Å². The van der Waals surface area contributed by atoms with E-state index in [9.17, 15) is 14.4 Å². The molecule has 4 rings (SSSR count). The zero-order valence-corrected chi connectivity index (χ0v) is 23.4. The summed E-state index contributed by atoms with van der Waals surface area (Å²) in [5, 5.41) is 4.85. The molecule has 0 radical (unpaired) electrons. The first-order valence-electron chi connectivity index (χ1n) is 12.8. The molecule has 8 nitrogen and oxygen atoms in total. The van der Waals surface area contributed by atoms with Crippen molar-refractivity contribution in [2.75, 3.05) is 13.7 Å². The predicted octanol–water partition coefficient (Wildman–Crippen LogP) is 3.93. The number of benzene rings is 3. The number of nitrogens with one attached hydrogen (secondary N) is 2. The Labute approximate surface area is 233 Å². The maximum absolute atomic E-state index is 13.7. The Balaban J connectivity index is 1.61. The van der Waals surface area contributed by atoms with Gasteiger partial charge in [-0.2, -0.15) is 0 Å². The highest BCUT2D eigenvalue weighted by Crippen LogP contribution is 2.35. The largest absolute Gasteiger partial charge is 0.497 e. The average Bonchev–Trinajstić information content (AvgIpc) is 3.04. The number of rotatable bonds is 8. The third-order valence-corrected chi connectivity index (χ3v) is 7.60. The van der Waals surface area contributed by atoms with Crippen molar-refractivity contribution in [1.29, 1.82) is 0 Å².